The molecular weight excluding hydrogens is 237 g/mol. The summed E-state index contributed by atoms with van der Waals surface area (Å²) < 4.78 is 14.4. The van der Waals surface area contributed by atoms with Gasteiger partial charge in [-0.15, -0.1) is 0 Å². The Morgan fingerprint density at radius 3 is 2.67 bits per heavy atom. The number of hydrogen-bond acceptors (Lipinski definition) is 3. The molecule has 0 spiro atoms. The van der Waals surface area contributed by atoms with Crippen LogP contribution in [0, 0.1) is 5.82 Å². The first-order chi connectivity index (χ1) is 8.49. The largest absolute Gasteiger partial charge is 0.366 e. The third-order valence-corrected chi connectivity index (χ3v) is 2.45. The summed E-state index contributed by atoms with van der Waals surface area (Å²) in [6.45, 7) is 1.33. The number of halogens is 1. The SMILES string of the molecule is CC(=O)c1cc(F)ccc1-n1cc(C(N)=O)cn1. The molecule has 1 aromatic heterocycles. The summed E-state index contributed by atoms with van der Waals surface area (Å²) >= 11 is 0. The van der Waals surface area contributed by atoms with E-state index in [0.717, 1.165) is 6.07 Å². The van der Waals surface area contributed by atoms with Crippen molar-refractivity contribution in [2.45, 2.75) is 6.92 Å². The van der Waals surface area contributed by atoms with Crippen LogP contribution in [0.1, 0.15) is 27.6 Å². The number of benzene rings is 1. The number of carbonyl (C=O) groups is 2. The Bertz CT molecular complexity index is 634. The molecule has 18 heavy (non-hydrogen) atoms. The van der Waals surface area contributed by atoms with Crippen LogP contribution in [-0.4, -0.2) is 21.5 Å². The van der Waals surface area contributed by atoms with Gasteiger partial charge in [-0.2, -0.15) is 5.10 Å². The molecule has 0 unspecified atom stereocenters. The van der Waals surface area contributed by atoms with Gasteiger partial charge in [0, 0.05) is 11.8 Å². The number of primary amides is 1. The molecule has 6 heteroatoms. The average Bonchev–Trinajstić information content (AvgIpc) is 2.78. The Hall–Kier alpha value is -2.50. The van der Waals surface area contributed by atoms with Crippen LogP contribution >= 0.6 is 0 Å². The zero-order valence-corrected chi connectivity index (χ0v) is 9.55. The van der Waals surface area contributed by atoms with E-state index in [-0.39, 0.29) is 16.9 Å². The summed E-state index contributed by atoms with van der Waals surface area (Å²) in [5, 5.41) is 3.92. The topological polar surface area (TPSA) is 78.0 Å². The second-order valence-electron chi connectivity index (χ2n) is 3.76. The molecule has 0 bridgehead atoms. The quantitative estimate of drug-likeness (QED) is 0.830. The molecule has 0 atom stereocenters. The Balaban J connectivity index is 2.55. The van der Waals surface area contributed by atoms with Crippen molar-refractivity contribution in [1.82, 2.24) is 9.78 Å². The predicted octanol–water partition coefficient (Wildman–Crippen LogP) is 1.31. The maximum atomic E-state index is 13.1. The van der Waals surface area contributed by atoms with Crippen molar-refractivity contribution in [3.8, 4) is 5.69 Å². The number of hydrogen-bond donors (Lipinski definition) is 1. The minimum Gasteiger partial charge on any atom is -0.366 e. The van der Waals surface area contributed by atoms with Crippen LogP contribution in [0.3, 0.4) is 0 Å². The van der Waals surface area contributed by atoms with E-state index >= 15 is 0 Å². The Labute approximate surface area is 102 Å². The van der Waals surface area contributed by atoms with Crippen LogP contribution < -0.4 is 5.73 Å². The standard InChI is InChI=1S/C12H10FN3O2/c1-7(17)10-4-9(13)2-3-11(10)16-6-8(5-15-16)12(14)18/h2-6H,1H3,(H2,14,18). The van der Waals surface area contributed by atoms with Gasteiger partial charge >= 0.3 is 0 Å². The summed E-state index contributed by atoms with van der Waals surface area (Å²) in [5.74, 6) is -1.42. The molecule has 0 radical (unpaired) electrons. The molecule has 0 aliphatic heterocycles. The molecule has 2 N–H and O–H groups in total. The molecule has 92 valence electrons. The van der Waals surface area contributed by atoms with Crippen LogP contribution in [0.2, 0.25) is 0 Å². The zero-order chi connectivity index (χ0) is 13.3. The molecule has 0 saturated carbocycles. The molecule has 0 aliphatic carbocycles. The van der Waals surface area contributed by atoms with Gasteiger partial charge in [-0.1, -0.05) is 0 Å². The van der Waals surface area contributed by atoms with E-state index in [9.17, 15) is 14.0 Å². The molecule has 5 nitrogen and oxygen atoms in total. The molecule has 1 heterocycles. The number of aromatic nitrogens is 2. The lowest BCUT2D eigenvalue weighted by Gasteiger charge is -2.06. The number of nitrogens with zero attached hydrogens (tertiary/aromatic N) is 2. The lowest BCUT2D eigenvalue weighted by molar-refractivity contribution is 0.0996. The molecule has 0 fully saturated rings. The second kappa shape index (κ2) is 4.40. The third kappa shape index (κ3) is 2.13. The fourth-order valence-corrected chi connectivity index (χ4v) is 1.57. The Morgan fingerprint density at radius 1 is 1.39 bits per heavy atom. The first-order valence-electron chi connectivity index (χ1n) is 5.14. The third-order valence-electron chi connectivity index (χ3n) is 2.45. The number of ketones is 1. The number of carbonyl (C=O) groups excluding carboxylic acids is 2. The number of Topliss-reactive ketones (excluding diaryl/α,β-unsaturated/α-hetero) is 1. The highest BCUT2D eigenvalue weighted by Gasteiger charge is 2.12. The van der Waals surface area contributed by atoms with Crippen LogP contribution in [-0.2, 0) is 0 Å². The second-order valence-corrected chi connectivity index (χ2v) is 3.76. The zero-order valence-electron chi connectivity index (χ0n) is 9.55. The fourth-order valence-electron chi connectivity index (χ4n) is 1.57. The predicted molar refractivity (Wildman–Crippen MR) is 62.0 cm³/mol. The van der Waals surface area contributed by atoms with Gasteiger partial charge in [0.15, 0.2) is 5.78 Å². The van der Waals surface area contributed by atoms with Crippen molar-refractivity contribution < 1.29 is 14.0 Å². The van der Waals surface area contributed by atoms with Crippen LogP contribution in [0.15, 0.2) is 30.6 Å². The van der Waals surface area contributed by atoms with E-state index in [4.69, 9.17) is 5.73 Å². The van der Waals surface area contributed by atoms with Crippen LogP contribution in [0.4, 0.5) is 4.39 Å². The van der Waals surface area contributed by atoms with Gasteiger partial charge in [0.1, 0.15) is 5.82 Å². The van der Waals surface area contributed by atoms with E-state index in [0.29, 0.717) is 5.69 Å². The van der Waals surface area contributed by atoms with Crippen molar-refractivity contribution in [1.29, 1.82) is 0 Å². The van der Waals surface area contributed by atoms with E-state index < -0.39 is 11.7 Å². The van der Waals surface area contributed by atoms with Crippen LogP contribution in [0.5, 0.6) is 0 Å². The van der Waals surface area contributed by atoms with E-state index in [1.54, 1.807) is 0 Å². The van der Waals surface area contributed by atoms with Gasteiger partial charge < -0.3 is 5.73 Å². The summed E-state index contributed by atoms with van der Waals surface area (Å²) in [4.78, 5) is 22.4. The summed E-state index contributed by atoms with van der Waals surface area (Å²) in [6.07, 6.45) is 2.68. The van der Waals surface area contributed by atoms with Gasteiger partial charge in [0.2, 0.25) is 0 Å². The molecule has 0 aliphatic rings. The maximum absolute atomic E-state index is 13.1. The van der Waals surface area contributed by atoms with E-state index in [1.165, 1.54) is 36.1 Å². The average molecular weight is 247 g/mol. The number of rotatable bonds is 3. The highest BCUT2D eigenvalue weighted by atomic mass is 19.1. The van der Waals surface area contributed by atoms with Crippen LogP contribution in [0.25, 0.3) is 5.69 Å². The fraction of sp³-hybridized carbons (Fsp3) is 0.0833. The smallest absolute Gasteiger partial charge is 0.251 e. The molecule has 2 aromatic rings. The molecule has 1 amide bonds. The minimum absolute atomic E-state index is 0.189. The van der Waals surface area contributed by atoms with Gasteiger partial charge in [0.05, 0.1) is 17.4 Å². The monoisotopic (exact) mass is 247 g/mol. The lowest BCUT2D eigenvalue weighted by Crippen LogP contribution is -2.10. The number of amides is 1. The molecule has 1 aromatic carbocycles. The normalized spacial score (nSPS) is 10.3. The molecule has 0 saturated heterocycles. The Morgan fingerprint density at radius 2 is 2.11 bits per heavy atom. The van der Waals surface area contributed by atoms with Crippen molar-refractivity contribution in [2.75, 3.05) is 0 Å². The summed E-state index contributed by atoms with van der Waals surface area (Å²) in [6, 6.07) is 3.76. The summed E-state index contributed by atoms with van der Waals surface area (Å²) in [7, 11) is 0. The Kier molecular flexibility index (Phi) is 2.93. The van der Waals surface area contributed by atoms with Gasteiger partial charge in [-0.05, 0) is 25.1 Å². The van der Waals surface area contributed by atoms with Crippen molar-refractivity contribution >= 4 is 11.7 Å². The van der Waals surface area contributed by atoms with Crippen molar-refractivity contribution in [3.05, 3.63) is 47.5 Å². The lowest BCUT2D eigenvalue weighted by atomic mass is 10.1. The van der Waals surface area contributed by atoms with E-state index in [2.05, 4.69) is 5.10 Å². The van der Waals surface area contributed by atoms with Gasteiger partial charge in [-0.25, -0.2) is 9.07 Å². The van der Waals surface area contributed by atoms with E-state index in [1.807, 2.05) is 0 Å². The minimum atomic E-state index is -0.618. The maximum Gasteiger partial charge on any atom is 0.251 e. The summed E-state index contributed by atoms with van der Waals surface area (Å²) in [5.41, 5.74) is 5.91. The highest BCUT2D eigenvalue weighted by Crippen LogP contribution is 2.16. The number of nitrogens with two attached hydrogens (primary N) is 1. The molecule has 2 rings (SSSR count). The van der Waals surface area contributed by atoms with Crippen molar-refractivity contribution in [2.24, 2.45) is 5.73 Å². The van der Waals surface area contributed by atoms with Gasteiger partial charge in [-0.3, -0.25) is 9.59 Å². The molecular formula is C12H10FN3O2. The highest BCUT2D eigenvalue weighted by molar-refractivity contribution is 5.98. The van der Waals surface area contributed by atoms with Crippen molar-refractivity contribution in [3.63, 3.8) is 0 Å². The first kappa shape index (κ1) is 12.0. The first-order valence-corrected chi connectivity index (χ1v) is 5.14. The van der Waals surface area contributed by atoms with Gasteiger partial charge in [0.25, 0.3) is 5.91 Å².